The largest absolute Gasteiger partial charge is 0.462 e. The molecule has 0 aromatic heterocycles. The number of ether oxygens (including phenoxy) is 1. The van der Waals surface area contributed by atoms with E-state index >= 15 is 0 Å². The molecule has 3 atom stereocenters. The van der Waals surface area contributed by atoms with Crippen molar-refractivity contribution in [1.82, 2.24) is 0 Å². The first-order valence-corrected chi connectivity index (χ1v) is 12.1. The van der Waals surface area contributed by atoms with Crippen molar-refractivity contribution in [3.8, 4) is 0 Å². The molecule has 1 saturated heterocycles. The fourth-order valence-corrected chi connectivity index (χ4v) is 4.20. The molecule has 1 heterocycles. The lowest BCUT2D eigenvalue weighted by molar-refractivity contribution is -0.170. The van der Waals surface area contributed by atoms with E-state index in [-0.39, 0.29) is 18.0 Å². The highest BCUT2D eigenvalue weighted by molar-refractivity contribution is 5.74. The van der Waals surface area contributed by atoms with E-state index in [4.69, 9.17) is 4.74 Å². The van der Waals surface area contributed by atoms with Crippen LogP contribution in [-0.4, -0.2) is 23.3 Å². The molecule has 27 heavy (non-hydrogen) atoms. The molecule has 3 nitrogen and oxygen atoms in total. The second-order valence-electron chi connectivity index (χ2n) is 8.64. The van der Waals surface area contributed by atoms with Crippen molar-refractivity contribution in [2.24, 2.45) is 5.92 Å². The summed E-state index contributed by atoms with van der Waals surface area (Å²) in [4.78, 5) is 12.2. The maximum atomic E-state index is 12.2. The van der Waals surface area contributed by atoms with Gasteiger partial charge in [-0.2, -0.15) is 0 Å². The molecule has 160 valence electrons. The van der Waals surface area contributed by atoms with Gasteiger partial charge in [0.25, 0.3) is 0 Å². The van der Waals surface area contributed by atoms with Gasteiger partial charge in [0.15, 0.2) is 0 Å². The Balaban J connectivity index is 2.00. The average Bonchev–Trinajstić information content (AvgIpc) is 2.65. The number of unbranched alkanes of at least 4 members (excludes halogenated alkanes) is 13. The molecule has 0 amide bonds. The predicted octanol–water partition coefficient (Wildman–Crippen LogP) is 6.95. The van der Waals surface area contributed by atoms with Crippen molar-refractivity contribution in [1.29, 1.82) is 0 Å². The number of carbonyl (C=O) groups excluding carboxylic acids is 1. The van der Waals surface area contributed by atoms with Gasteiger partial charge in [-0.1, -0.05) is 104 Å². The Bertz CT molecular complexity index is 356. The number of carbonyl (C=O) groups is 1. The van der Waals surface area contributed by atoms with E-state index in [9.17, 15) is 9.90 Å². The van der Waals surface area contributed by atoms with Crippen LogP contribution >= 0.6 is 0 Å². The first kappa shape index (κ1) is 24.5. The Morgan fingerprint density at radius 1 is 0.741 bits per heavy atom. The molecule has 0 saturated carbocycles. The Kier molecular flexibility index (Phi) is 14.9. The molecular formula is C24H46O3. The van der Waals surface area contributed by atoms with Gasteiger partial charge in [-0.15, -0.1) is 0 Å². The number of rotatable bonds is 17. The number of aliphatic hydroxyl groups excluding tert-OH is 1. The molecule has 0 aromatic carbocycles. The van der Waals surface area contributed by atoms with Crippen LogP contribution in [0.2, 0.25) is 0 Å². The zero-order valence-electron chi connectivity index (χ0n) is 18.2. The van der Waals surface area contributed by atoms with E-state index in [1.165, 1.54) is 77.0 Å². The minimum atomic E-state index is -0.495. The molecule has 0 bridgehead atoms. The molecule has 1 aliphatic rings. The summed E-state index contributed by atoms with van der Waals surface area (Å²) in [5, 5.41) is 10.3. The van der Waals surface area contributed by atoms with Gasteiger partial charge in [0, 0.05) is 6.42 Å². The van der Waals surface area contributed by atoms with E-state index < -0.39 is 6.10 Å². The fourth-order valence-electron chi connectivity index (χ4n) is 4.20. The topological polar surface area (TPSA) is 46.5 Å². The van der Waals surface area contributed by atoms with E-state index in [0.29, 0.717) is 6.42 Å². The minimum absolute atomic E-state index is 0.0574. The Morgan fingerprint density at radius 2 is 1.19 bits per heavy atom. The second-order valence-corrected chi connectivity index (χ2v) is 8.64. The van der Waals surface area contributed by atoms with Crippen LogP contribution < -0.4 is 0 Å². The van der Waals surface area contributed by atoms with Crippen LogP contribution in [0.15, 0.2) is 0 Å². The van der Waals surface area contributed by atoms with Gasteiger partial charge in [0.2, 0.25) is 0 Å². The molecule has 0 unspecified atom stereocenters. The van der Waals surface area contributed by atoms with Crippen molar-refractivity contribution in [3.05, 3.63) is 0 Å². The summed E-state index contributed by atoms with van der Waals surface area (Å²) in [6, 6.07) is 0. The normalized spacial score (nSPS) is 22.8. The van der Waals surface area contributed by atoms with Gasteiger partial charge in [-0.05, 0) is 19.3 Å². The van der Waals surface area contributed by atoms with E-state index in [0.717, 1.165) is 32.1 Å². The van der Waals surface area contributed by atoms with E-state index in [1.54, 1.807) is 0 Å². The summed E-state index contributed by atoms with van der Waals surface area (Å²) < 4.78 is 5.62. The first-order valence-electron chi connectivity index (χ1n) is 12.1. The smallest absolute Gasteiger partial charge is 0.311 e. The molecular weight excluding hydrogens is 336 g/mol. The van der Waals surface area contributed by atoms with Gasteiger partial charge < -0.3 is 9.84 Å². The molecule has 0 spiro atoms. The van der Waals surface area contributed by atoms with Crippen LogP contribution in [0.1, 0.15) is 129 Å². The summed E-state index contributed by atoms with van der Waals surface area (Å²) >= 11 is 0. The van der Waals surface area contributed by atoms with Gasteiger partial charge in [0.1, 0.15) is 6.10 Å². The molecule has 1 aliphatic heterocycles. The van der Waals surface area contributed by atoms with Crippen LogP contribution in [0.5, 0.6) is 0 Å². The molecule has 3 heteroatoms. The quantitative estimate of drug-likeness (QED) is 0.219. The van der Waals surface area contributed by atoms with Gasteiger partial charge in [-0.25, -0.2) is 0 Å². The van der Waals surface area contributed by atoms with Crippen LogP contribution in [-0.2, 0) is 9.53 Å². The second kappa shape index (κ2) is 16.4. The van der Waals surface area contributed by atoms with Crippen molar-refractivity contribution >= 4 is 5.97 Å². The van der Waals surface area contributed by atoms with E-state index in [1.807, 2.05) is 0 Å². The third-order valence-electron chi connectivity index (χ3n) is 6.05. The summed E-state index contributed by atoms with van der Waals surface area (Å²) in [5.41, 5.74) is 0. The number of cyclic esters (lactones) is 1. The molecule has 0 aromatic rings. The molecule has 1 N–H and O–H groups in total. The lowest BCUT2D eigenvalue weighted by Gasteiger charge is -2.32. The van der Waals surface area contributed by atoms with Crippen LogP contribution in [0.25, 0.3) is 0 Å². The van der Waals surface area contributed by atoms with Crippen LogP contribution in [0.4, 0.5) is 0 Å². The number of hydrogen-bond acceptors (Lipinski definition) is 3. The predicted molar refractivity (Wildman–Crippen MR) is 114 cm³/mol. The Labute approximate surface area is 168 Å². The zero-order chi connectivity index (χ0) is 19.7. The third-order valence-corrected chi connectivity index (χ3v) is 6.05. The van der Waals surface area contributed by atoms with E-state index in [2.05, 4.69) is 13.8 Å². The summed E-state index contributed by atoms with van der Waals surface area (Å²) in [7, 11) is 0. The fraction of sp³-hybridized carbons (Fsp3) is 0.958. The summed E-state index contributed by atoms with van der Waals surface area (Å²) in [6.45, 7) is 4.45. The standard InChI is InChI=1S/C24H46O3/c1-3-5-7-9-10-11-12-13-14-15-16-18-21-20-23(25)22(24(26)27-21)19-17-8-6-4-2/h21-23,25H,3-20H2,1-2H3/t21-,22+,23+/m1/s1. The lowest BCUT2D eigenvalue weighted by atomic mass is 9.88. The molecule has 1 fully saturated rings. The first-order chi connectivity index (χ1) is 13.2. The van der Waals surface area contributed by atoms with Crippen molar-refractivity contribution in [3.63, 3.8) is 0 Å². The van der Waals surface area contributed by atoms with Crippen molar-refractivity contribution in [2.45, 2.75) is 142 Å². The molecule has 0 radical (unpaired) electrons. The highest BCUT2D eigenvalue weighted by Gasteiger charge is 2.36. The Hall–Kier alpha value is -0.570. The zero-order valence-corrected chi connectivity index (χ0v) is 18.2. The average molecular weight is 383 g/mol. The minimum Gasteiger partial charge on any atom is -0.462 e. The maximum absolute atomic E-state index is 12.2. The van der Waals surface area contributed by atoms with Gasteiger partial charge in [0.05, 0.1) is 12.0 Å². The Morgan fingerprint density at radius 3 is 1.70 bits per heavy atom. The lowest BCUT2D eigenvalue weighted by Crippen LogP contribution is -2.41. The number of esters is 1. The van der Waals surface area contributed by atoms with Gasteiger partial charge >= 0.3 is 5.97 Å². The maximum Gasteiger partial charge on any atom is 0.311 e. The monoisotopic (exact) mass is 382 g/mol. The van der Waals surface area contributed by atoms with Crippen molar-refractivity contribution < 1.29 is 14.6 Å². The molecule has 0 aliphatic carbocycles. The summed E-state index contributed by atoms with van der Waals surface area (Å²) in [6.07, 6.45) is 21.0. The molecule has 1 rings (SSSR count). The number of hydrogen-bond donors (Lipinski definition) is 1. The SMILES string of the molecule is CCCCCCCCCCCCC[C@@H]1C[C@H](O)[C@H](CCCCCC)C(=O)O1. The van der Waals surface area contributed by atoms with Crippen molar-refractivity contribution in [2.75, 3.05) is 0 Å². The summed E-state index contributed by atoms with van der Waals surface area (Å²) in [5.74, 6) is -0.436. The highest BCUT2D eigenvalue weighted by atomic mass is 16.5. The highest BCUT2D eigenvalue weighted by Crippen LogP contribution is 2.28. The number of aliphatic hydroxyl groups is 1. The van der Waals surface area contributed by atoms with Gasteiger partial charge in [-0.3, -0.25) is 4.79 Å². The van der Waals surface area contributed by atoms with Crippen LogP contribution in [0, 0.1) is 5.92 Å². The van der Waals surface area contributed by atoms with Crippen LogP contribution in [0.3, 0.4) is 0 Å². The third kappa shape index (κ3) is 11.8.